The van der Waals surface area contributed by atoms with Crippen LogP contribution < -0.4 is 20.7 Å². The van der Waals surface area contributed by atoms with Crippen molar-refractivity contribution in [3.63, 3.8) is 0 Å². The summed E-state index contributed by atoms with van der Waals surface area (Å²) < 4.78 is 45.4. The first kappa shape index (κ1) is 30.1. The van der Waals surface area contributed by atoms with Crippen LogP contribution in [0.15, 0.2) is 48.5 Å². The van der Waals surface area contributed by atoms with Crippen LogP contribution in [0, 0.1) is 0 Å². The minimum Gasteiger partial charge on any atom is -0.427 e. The number of nitrogens with one attached hydrogen (secondary N) is 3. The lowest BCUT2D eigenvalue weighted by Crippen LogP contribution is -2.51. The van der Waals surface area contributed by atoms with E-state index in [1.54, 1.807) is 30.3 Å². The highest BCUT2D eigenvalue weighted by molar-refractivity contribution is 6.31. The molecule has 0 aliphatic heterocycles. The van der Waals surface area contributed by atoms with E-state index in [-0.39, 0.29) is 35.8 Å². The average molecular weight is 591 g/mol. The van der Waals surface area contributed by atoms with Crippen LogP contribution in [0.5, 0.6) is 5.75 Å². The molecule has 12 heteroatoms. The smallest absolute Gasteiger partial charge is 0.427 e. The number of hydrogen-bond donors (Lipinski definition) is 3. The molecule has 1 aliphatic carbocycles. The fourth-order valence-electron chi connectivity index (χ4n) is 4.92. The zero-order chi connectivity index (χ0) is 29.7. The maximum Gasteiger partial charge on any atom is 0.433 e. The number of fused-ring (bicyclic) bond motifs is 1. The number of halogens is 4. The van der Waals surface area contributed by atoms with Gasteiger partial charge >= 0.3 is 12.1 Å². The summed E-state index contributed by atoms with van der Waals surface area (Å²) in [6.45, 7) is 2.64. The Morgan fingerprint density at radius 2 is 1.66 bits per heavy atom. The third-order valence-electron chi connectivity index (χ3n) is 6.81. The molecule has 0 radical (unpaired) electrons. The van der Waals surface area contributed by atoms with Gasteiger partial charge in [0.2, 0.25) is 11.8 Å². The Morgan fingerprint density at radius 3 is 2.27 bits per heavy atom. The van der Waals surface area contributed by atoms with Gasteiger partial charge in [-0.3, -0.25) is 14.4 Å². The van der Waals surface area contributed by atoms with E-state index in [4.69, 9.17) is 16.3 Å². The van der Waals surface area contributed by atoms with Gasteiger partial charge < -0.3 is 20.7 Å². The number of rotatable bonds is 8. The van der Waals surface area contributed by atoms with E-state index in [9.17, 15) is 27.6 Å². The van der Waals surface area contributed by atoms with E-state index in [0.717, 1.165) is 11.6 Å². The van der Waals surface area contributed by atoms with Gasteiger partial charge in [0.15, 0.2) is 0 Å². The number of aromatic nitrogens is 1. The number of carbonyl (C=O) groups excluding carboxylic acids is 3. The van der Waals surface area contributed by atoms with Gasteiger partial charge in [0.05, 0.1) is 5.52 Å². The molecule has 1 atom stereocenters. The summed E-state index contributed by atoms with van der Waals surface area (Å²) in [5.74, 6) is -0.741. The normalized spacial score (nSPS) is 17.9. The van der Waals surface area contributed by atoms with Crippen molar-refractivity contribution in [2.24, 2.45) is 0 Å². The highest BCUT2D eigenvalue weighted by Crippen LogP contribution is 2.35. The summed E-state index contributed by atoms with van der Waals surface area (Å²) in [7, 11) is 0. The average Bonchev–Trinajstić information content (AvgIpc) is 2.89. The topological polar surface area (TPSA) is 109 Å². The Balaban J connectivity index is 1.38. The highest BCUT2D eigenvalue weighted by atomic mass is 35.5. The van der Waals surface area contributed by atoms with Crippen molar-refractivity contribution in [1.29, 1.82) is 0 Å². The number of benzene rings is 2. The maximum atomic E-state index is 13.5. The van der Waals surface area contributed by atoms with Crippen LogP contribution in [0.1, 0.15) is 50.8 Å². The second-order valence-corrected chi connectivity index (χ2v) is 10.5. The van der Waals surface area contributed by atoms with Gasteiger partial charge in [0.1, 0.15) is 17.5 Å². The number of pyridine rings is 1. The second kappa shape index (κ2) is 12.8. The molecule has 4 rings (SSSR count). The molecule has 3 N–H and O–H groups in total. The number of nitrogens with zero attached hydrogens (tertiary/aromatic N) is 1. The molecule has 0 spiro atoms. The van der Waals surface area contributed by atoms with Crippen LogP contribution in [0.25, 0.3) is 10.9 Å². The first-order valence-corrected chi connectivity index (χ1v) is 13.5. The van der Waals surface area contributed by atoms with Crippen molar-refractivity contribution in [2.45, 2.75) is 70.3 Å². The van der Waals surface area contributed by atoms with Crippen molar-refractivity contribution in [2.75, 3.05) is 5.32 Å². The Kier molecular flexibility index (Phi) is 9.37. The Bertz CT molecular complexity index is 1420. The minimum atomic E-state index is -4.60. The van der Waals surface area contributed by atoms with Crippen LogP contribution in [0.2, 0.25) is 5.02 Å². The third kappa shape index (κ3) is 8.32. The summed E-state index contributed by atoms with van der Waals surface area (Å²) >= 11 is 6.10. The molecule has 2 amide bonds. The minimum absolute atomic E-state index is 0.115. The Morgan fingerprint density at radius 1 is 1.00 bits per heavy atom. The van der Waals surface area contributed by atoms with Crippen molar-refractivity contribution in [3.8, 4) is 5.75 Å². The van der Waals surface area contributed by atoms with E-state index in [2.05, 4.69) is 20.9 Å². The molecule has 1 aromatic heterocycles. The van der Waals surface area contributed by atoms with Gasteiger partial charge in [0, 0.05) is 48.4 Å². The lowest BCUT2D eigenvalue weighted by molar-refractivity contribution is -0.141. The summed E-state index contributed by atoms with van der Waals surface area (Å²) in [6, 6.07) is 11.1. The number of hydrogen-bond acceptors (Lipinski definition) is 6. The van der Waals surface area contributed by atoms with Crippen LogP contribution in [0.3, 0.4) is 0 Å². The number of ether oxygens (including phenoxy) is 1. The molecule has 1 saturated carbocycles. The molecular weight excluding hydrogens is 561 g/mol. The first-order valence-electron chi connectivity index (χ1n) is 13.2. The van der Waals surface area contributed by atoms with Crippen molar-refractivity contribution < 1.29 is 32.3 Å². The quantitative estimate of drug-likeness (QED) is 0.239. The standard InChI is InChI=1S/C29H30ClF3N4O4/c1-16(38)34-26(13-18-3-10-22(11-4-18)41-17(2)39)28(40)36-21-8-6-20(7-9-21)35-25-15-27(29(31,32)33)37-24-12-5-19(30)14-23(24)25/h3-5,10-12,14-15,20-21,26H,6-9,13H2,1-2H3,(H,34,38)(H,35,37)(H,36,40)/t20?,21?,26-/m0/s1. The molecule has 3 aromatic rings. The summed E-state index contributed by atoms with van der Waals surface area (Å²) in [5.41, 5.74) is 0.284. The molecular formula is C29H30ClF3N4O4. The fourth-order valence-corrected chi connectivity index (χ4v) is 5.09. The molecule has 0 bridgehead atoms. The predicted octanol–water partition coefficient (Wildman–Crippen LogP) is 5.42. The van der Waals surface area contributed by atoms with E-state index < -0.39 is 23.9 Å². The van der Waals surface area contributed by atoms with E-state index in [0.29, 0.717) is 47.5 Å². The number of amides is 2. The molecule has 1 heterocycles. The summed E-state index contributed by atoms with van der Waals surface area (Å²) in [5, 5.41) is 9.82. The molecule has 1 aliphatic rings. The van der Waals surface area contributed by atoms with E-state index >= 15 is 0 Å². The van der Waals surface area contributed by atoms with Gasteiger partial charge in [-0.2, -0.15) is 13.2 Å². The zero-order valence-corrected chi connectivity index (χ0v) is 23.2. The fraction of sp³-hybridized carbons (Fsp3) is 0.379. The van der Waals surface area contributed by atoms with Gasteiger partial charge in [-0.05, 0) is 67.6 Å². The summed E-state index contributed by atoms with van der Waals surface area (Å²) in [4.78, 5) is 39.8. The maximum absolute atomic E-state index is 13.5. The molecule has 41 heavy (non-hydrogen) atoms. The van der Waals surface area contributed by atoms with Gasteiger partial charge in [-0.15, -0.1) is 0 Å². The lowest BCUT2D eigenvalue weighted by atomic mass is 9.90. The third-order valence-corrected chi connectivity index (χ3v) is 7.05. The van der Waals surface area contributed by atoms with Crippen LogP contribution in [-0.4, -0.2) is 40.9 Å². The van der Waals surface area contributed by atoms with Crippen molar-refractivity contribution >= 4 is 46.0 Å². The SMILES string of the molecule is CC(=O)N[C@@H](Cc1ccc(OC(C)=O)cc1)C(=O)NC1CCC(Nc2cc(C(F)(F)F)nc3ccc(Cl)cc23)CC1. The van der Waals surface area contributed by atoms with Crippen LogP contribution in [-0.2, 0) is 27.0 Å². The van der Waals surface area contributed by atoms with Gasteiger partial charge in [-0.25, -0.2) is 4.98 Å². The van der Waals surface area contributed by atoms with E-state index in [1.165, 1.54) is 26.0 Å². The number of anilines is 1. The van der Waals surface area contributed by atoms with Crippen molar-refractivity contribution in [1.82, 2.24) is 15.6 Å². The predicted molar refractivity (Wildman–Crippen MR) is 149 cm³/mol. The van der Waals surface area contributed by atoms with E-state index in [1.807, 2.05) is 0 Å². The molecule has 0 unspecified atom stereocenters. The Labute approximate surface area is 240 Å². The highest BCUT2D eigenvalue weighted by Gasteiger charge is 2.34. The van der Waals surface area contributed by atoms with Crippen LogP contribution in [0.4, 0.5) is 18.9 Å². The Hall–Kier alpha value is -3.86. The molecule has 1 fully saturated rings. The molecule has 2 aromatic carbocycles. The first-order chi connectivity index (χ1) is 19.4. The van der Waals surface area contributed by atoms with Gasteiger partial charge in [0.25, 0.3) is 0 Å². The summed E-state index contributed by atoms with van der Waals surface area (Å²) in [6.07, 6.45) is -1.94. The largest absolute Gasteiger partial charge is 0.433 e. The van der Waals surface area contributed by atoms with Gasteiger partial charge in [-0.1, -0.05) is 23.7 Å². The van der Waals surface area contributed by atoms with Crippen molar-refractivity contribution in [3.05, 3.63) is 64.8 Å². The number of esters is 1. The number of alkyl halides is 3. The monoisotopic (exact) mass is 590 g/mol. The zero-order valence-electron chi connectivity index (χ0n) is 22.5. The van der Waals surface area contributed by atoms with Crippen LogP contribution >= 0.6 is 11.6 Å². The number of carbonyl (C=O) groups is 3. The molecule has 218 valence electrons. The lowest BCUT2D eigenvalue weighted by Gasteiger charge is -2.31. The molecule has 0 saturated heterocycles. The second-order valence-electron chi connectivity index (χ2n) is 10.1. The molecule has 8 nitrogen and oxygen atoms in total.